The quantitative estimate of drug-likeness (QED) is 0.333. The molecule has 168 valence electrons. The third-order valence-corrected chi connectivity index (χ3v) is 5.96. The van der Waals surface area contributed by atoms with Crippen LogP contribution in [-0.4, -0.2) is 15.8 Å². The summed E-state index contributed by atoms with van der Waals surface area (Å²) in [5.74, 6) is 0.605. The molecule has 0 aliphatic heterocycles. The fourth-order valence-corrected chi connectivity index (χ4v) is 4.21. The second kappa shape index (κ2) is 10.7. The molecule has 1 heterocycles. The van der Waals surface area contributed by atoms with E-state index in [0.717, 1.165) is 23.2 Å². The van der Waals surface area contributed by atoms with Crippen molar-refractivity contribution in [3.63, 3.8) is 0 Å². The summed E-state index contributed by atoms with van der Waals surface area (Å²) in [6, 6.07) is 6.10. The molecule has 4 N–H and O–H groups in total. The van der Waals surface area contributed by atoms with Crippen molar-refractivity contribution in [2.75, 3.05) is 5.32 Å². The van der Waals surface area contributed by atoms with Gasteiger partial charge in [0.2, 0.25) is 0 Å². The Morgan fingerprint density at radius 1 is 1.35 bits per heavy atom. The molecule has 0 radical (unpaired) electrons. The number of unbranched alkanes of at least 4 members (excludes halogenated alkanes) is 1. The van der Waals surface area contributed by atoms with Crippen LogP contribution in [0.2, 0.25) is 0 Å². The number of hydrogen-bond donors (Lipinski definition) is 3. The molecule has 1 aromatic heterocycles. The van der Waals surface area contributed by atoms with Crippen LogP contribution in [-0.2, 0) is 5.72 Å². The van der Waals surface area contributed by atoms with E-state index in [2.05, 4.69) is 17.2 Å². The number of benzene rings is 1. The van der Waals surface area contributed by atoms with E-state index < -0.39 is 5.72 Å². The number of nitrogens with zero attached hydrogens (tertiary/aromatic N) is 2. The number of anilines is 2. The maximum Gasteiger partial charge on any atom is 0.299 e. The normalized spacial score (nSPS) is 18.1. The van der Waals surface area contributed by atoms with Crippen LogP contribution >= 0.6 is 0 Å². The number of rotatable bonds is 9. The fraction of sp³-hybridized carbons (Fsp3) is 0.520. The van der Waals surface area contributed by atoms with Gasteiger partial charge in [-0.25, -0.2) is 4.98 Å². The highest BCUT2D eigenvalue weighted by Crippen LogP contribution is 2.31. The molecule has 1 atom stereocenters. The van der Waals surface area contributed by atoms with E-state index >= 15 is 0 Å². The van der Waals surface area contributed by atoms with Crippen LogP contribution in [0.4, 0.5) is 11.7 Å². The van der Waals surface area contributed by atoms with Gasteiger partial charge in [-0.15, -0.1) is 0 Å². The molecule has 31 heavy (non-hydrogen) atoms. The summed E-state index contributed by atoms with van der Waals surface area (Å²) in [5, 5.41) is 13.7. The first-order chi connectivity index (χ1) is 14.9. The monoisotopic (exact) mass is 424 g/mol. The van der Waals surface area contributed by atoms with Crippen LogP contribution in [0.5, 0.6) is 0 Å². The van der Waals surface area contributed by atoms with Gasteiger partial charge < -0.3 is 20.6 Å². The van der Waals surface area contributed by atoms with Crippen LogP contribution in [0.15, 0.2) is 46.3 Å². The molecule has 1 aliphatic carbocycles. The van der Waals surface area contributed by atoms with Crippen molar-refractivity contribution in [1.82, 2.24) is 4.98 Å². The summed E-state index contributed by atoms with van der Waals surface area (Å²) in [7, 11) is 0. The number of nitrogens with two attached hydrogens (primary N) is 1. The highest BCUT2D eigenvalue weighted by molar-refractivity contribution is 5.88. The molecule has 0 spiro atoms. The predicted octanol–water partition coefficient (Wildman–Crippen LogP) is 6.11. The molecule has 1 aromatic carbocycles. The Kier molecular flexibility index (Phi) is 8.04. The maximum atomic E-state index is 10.6. The average molecular weight is 425 g/mol. The first-order valence-corrected chi connectivity index (χ1v) is 11.4. The number of aromatic nitrogens is 1. The first kappa shape index (κ1) is 23.2. The lowest BCUT2D eigenvalue weighted by atomic mass is 9.84. The van der Waals surface area contributed by atoms with Gasteiger partial charge in [-0.3, -0.25) is 4.99 Å². The van der Waals surface area contributed by atoms with Crippen LogP contribution in [0.25, 0.3) is 5.57 Å². The number of aliphatic imine (C=N–C) groups is 1. The largest absolute Gasteiger partial charge is 0.432 e. The average Bonchev–Trinajstić information content (AvgIpc) is 3.26. The van der Waals surface area contributed by atoms with Crippen molar-refractivity contribution in [2.45, 2.75) is 77.9 Å². The van der Waals surface area contributed by atoms with Crippen molar-refractivity contribution in [1.29, 1.82) is 0 Å². The molecule has 0 saturated heterocycles. The number of allylic oxidation sites excluding steroid dienone is 1. The lowest BCUT2D eigenvalue weighted by Gasteiger charge is -2.24. The van der Waals surface area contributed by atoms with E-state index in [1.165, 1.54) is 56.9 Å². The van der Waals surface area contributed by atoms with E-state index in [4.69, 9.17) is 15.1 Å². The van der Waals surface area contributed by atoms with Gasteiger partial charge in [-0.1, -0.05) is 38.7 Å². The second-order valence-corrected chi connectivity index (χ2v) is 8.74. The highest BCUT2D eigenvalue weighted by Gasteiger charge is 2.23. The van der Waals surface area contributed by atoms with Crippen molar-refractivity contribution in [2.24, 2.45) is 16.6 Å². The molecule has 1 saturated carbocycles. The minimum Gasteiger partial charge on any atom is -0.432 e. The SMILES string of the molecule is CCCCC(=N/C=C(\C)c1ccc(Nc2ncco2)cc1C(C)(N)O)C1CCCCC1. The van der Waals surface area contributed by atoms with Gasteiger partial charge in [0.15, 0.2) is 0 Å². The summed E-state index contributed by atoms with van der Waals surface area (Å²) < 4.78 is 5.25. The molecule has 2 aromatic rings. The topological polar surface area (TPSA) is 96.7 Å². The van der Waals surface area contributed by atoms with Gasteiger partial charge in [-0.2, -0.15) is 0 Å². The van der Waals surface area contributed by atoms with E-state index in [9.17, 15) is 5.11 Å². The summed E-state index contributed by atoms with van der Waals surface area (Å²) in [6.45, 7) is 5.84. The van der Waals surface area contributed by atoms with Gasteiger partial charge in [0.05, 0.1) is 6.20 Å². The molecule has 0 amide bonds. The Hall–Kier alpha value is -2.44. The smallest absolute Gasteiger partial charge is 0.299 e. The van der Waals surface area contributed by atoms with Crippen molar-refractivity contribution in [3.05, 3.63) is 48.0 Å². The number of aliphatic hydroxyl groups is 1. The lowest BCUT2D eigenvalue weighted by molar-refractivity contribution is 0.0645. The van der Waals surface area contributed by atoms with Crippen LogP contribution in [0.1, 0.15) is 83.3 Å². The van der Waals surface area contributed by atoms with Gasteiger partial charge in [0, 0.05) is 23.2 Å². The molecular weight excluding hydrogens is 388 g/mol. The summed E-state index contributed by atoms with van der Waals surface area (Å²) >= 11 is 0. The minimum atomic E-state index is -1.49. The zero-order chi connectivity index (χ0) is 22.3. The minimum absolute atomic E-state index is 0.389. The number of oxazole rings is 1. The van der Waals surface area contributed by atoms with E-state index in [-0.39, 0.29) is 0 Å². The zero-order valence-electron chi connectivity index (χ0n) is 19.0. The van der Waals surface area contributed by atoms with Gasteiger partial charge in [0.25, 0.3) is 6.01 Å². The van der Waals surface area contributed by atoms with Gasteiger partial charge in [-0.05, 0) is 68.7 Å². The molecular formula is C25H36N4O2. The Morgan fingerprint density at radius 3 is 2.77 bits per heavy atom. The Balaban J connectivity index is 1.89. The fourth-order valence-electron chi connectivity index (χ4n) is 4.21. The van der Waals surface area contributed by atoms with Crippen LogP contribution in [0.3, 0.4) is 0 Å². The molecule has 1 aliphatic rings. The van der Waals surface area contributed by atoms with Crippen molar-refractivity contribution < 1.29 is 9.52 Å². The summed E-state index contributed by atoms with van der Waals surface area (Å²) in [5.41, 5.74) is 9.17. The molecule has 6 nitrogen and oxygen atoms in total. The Morgan fingerprint density at radius 2 is 2.13 bits per heavy atom. The highest BCUT2D eigenvalue weighted by atomic mass is 16.4. The standard InChI is InChI=1S/C25H36N4O2/c1-4-5-11-23(19-9-7-6-8-10-19)28-17-18(2)21-13-12-20(16-22(21)25(3,26)30)29-24-27-14-15-31-24/h12-17,19,30H,4-11,26H2,1-3H3,(H,27,29)/b18-17+,28-23?. The Bertz CT molecular complexity index is 889. The molecule has 6 heteroatoms. The second-order valence-electron chi connectivity index (χ2n) is 8.74. The molecule has 3 rings (SSSR count). The van der Waals surface area contributed by atoms with Gasteiger partial charge >= 0.3 is 0 Å². The maximum absolute atomic E-state index is 10.6. The lowest BCUT2D eigenvalue weighted by Crippen LogP contribution is -2.33. The van der Waals surface area contributed by atoms with Crippen LogP contribution in [0, 0.1) is 5.92 Å². The predicted molar refractivity (Wildman–Crippen MR) is 127 cm³/mol. The zero-order valence-corrected chi connectivity index (χ0v) is 19.0. The van der Waals surface area contributed by atoms with E-state index in [0.29, 0.717) is 17.5 Å². The molecule has 0 bridgehead atoms. The van der Waals surface area contributed by atoms with E-state index in [1.807, 2.05) is 31.3 Å². The number of hydrogen-bond acceptors (Lipinski definition) is 6. The van der Waals surface area contributed by atoms with E-state index in [1.54, 1.807) is 13.1 Å². The third-order valence-electron chi connectivity index (χ3n) is 5.96. The summed E-state index contributed by atoms with van der Waals surface area (Å²) in [6.07, 6.45) is 14.9. The number of nitrogens with one attached hydrogen (secondary N) is 1. The Labute approximate surface area is 185 Å². The third kappa shape index (κ3) is 6.52. The van der Waals surface area contributed by atoms with Crippen molar-refractivity contribution >= 4 is 23.0 Å². The summed E-state index contributed by atoms with van der Waals surface area (Å²) in [4.78, 5) is 9.04. The molecule has 1 unspecified atom stereocenters. The molecule has 1 fully saturated rings. The van der Waals surface area contributed by atoms with Gasteiger partial charge in [0.1, 0.15) is 12.0 Å². The van der Waals surface area contributed by atoms with Crippen molar-refractivity contribution in [3.8, 4) is 0 Å². The van der Waals surface area contributed by atoms with Crippen LogP contribution < -0.4 is 11.1 Å². The first-order valence-electron chi connectivity index (χ1n) is 11.4.